The van der Waals surface area contributed by atoms with E-state index in [9.17, 15) is 13.2 Å². The molecule has 0 bridgehead atoms. The van der Waals surface area contributed by atoms with Crippen molar-refractivity contribution in [2.45, 2.75) is 26.4 Å². The summed E-state index contributed by atoms with van der Waals surface area (Å²) in [6.07, 6.45) is 1.75. The molecule has 0 saturated carbocycles. The van der Waals surface area contributed by atoms with Crippen molar-refractivity contribution in [1.82, 2.24) is 15.1 Å². The van der Waals surface area contributed by atoms with Crippen LogP contribution in [0.3, 0.4) is 0 Å². The van der Waals surface area contributed by atoms with Crippen molar-refractivity contribution in [2.75, 3.05) is 0 Å². The molecule has 0 spiro atoms. The van der Waals surface area contributed by atoms with Crippen LogP contribution in [0.2, 0.25) is 0 Å². The summed E-state index contributed by atoms with van der Waals surface area (Å²) in [4.78, 5) is 0. The van der Waals surface area contributed by atoms with Crippen LogP contribution in [0.1, 0.15) is 29.8 Å². The molecule has 0 amide bonds. The van der Waals surface area contributed by atoms with Gasteiger partial charge in [-0.2, -0.15) is 5.10 Å². The molecular formula is C14H16F3N3. The molecule has 3 nitrogen and oxygen atoms in total. The van der Waals surface area contributed by atoms with Crippen molar-refractivity contribution in [3.05, 3.63) is 52.6 Å². The van der Waals surface area contributed by atoms with E-state index in [1.807, 2.05) is 20.9 Å². The molecule has 108 valence electrons. The lowest BCUT2D eigenvalue weighted by Gasteiger charge is -2.14. The predicted molar refractivity (Wildman–Crippen MR) is 69.5 cm³/mol. The predicted octanol–water partition coefficient (Wildman–Crippen LogP) is 3.00. The maximum atomic E-state index is 13.1. The molecule has 1 aromatic carbocycles. The van der Waals surface area contributed by atoms with Crippen molar-refractivity contribution in [1.29, 1.82) is 0 Å². The van der Waals surface area contributed by atoms with Crippen LogP contribution in [-0.4, -0.2) is 9.78 Å². The Morgan fingerprint density at radius 1 is 1.25 bits per heavy atom. The Hall–Kier alpha value is -1.82. The van der Waals surface area contributed by atoms with Crippen molar-refractivity contribution < 1.29 is 13.2 Å². The highest BCUT2D eigenvalue weighted by molar-refractivity contribution is 5.22. The van der Waals surface area contributed by atoms with E-state index in [-0.39, 0.29) is 12.6 Å². The second-order valence-electron chi connectivity index (χ2n) is 4.78. The van der Waals surface area contributed by atoms with E-state index in [1.165, 1.54) is 0 Å². The Balaban J connectivity index is 2.07. The summed E-state index contributed by atoms with van der Waals surface area (Å²) in [6, 6.07) is 1.96. The molecule has 1 atom stereocenters. The van der Waals surface area contributed by atoms with Gasteiger partial charge in [-0.05, 0) is 31.5 Å². The molecule has 1 N–H and O–H groups in total. The third-order valence-corrected chi connectivity index (χ3v) is 3.40. The van der Waals surface area contributed by atoms with Crippen LogP contribution in [0.5, 0.6) is 0 Å². The van der Waals surface area contributed by atoms with Crippen molar-refractivity contribution in [3.8, 4) is 0 Å². The number of hydrogen-bond acceptors (Lipinski definition) is 2. The van der Waals surface area contributed by atoms with Gasteiger partial charge in [-0.25, -0.2) is 13.2 Å². The van der Waals surface area contributed by atoms with E-state index in [0.29, 0.717) is 5.56 Å². The summed E-state index contributed by atoms with van der Waals surface area (Å²) in [5.74, 6) is -3.79. The Morgan fingerprint density at radius 2 is 1.85 bits per heavy atom. The van der Waals surface area contributed by atoms with Crippen molar-refractivity contribution in [2.24, 2.45) is 7.05 Å². The van der Waals surface area contributed by atoms with Gasteiger partial charge in [0, 0.05) is 30.9 Å². The summed E-state index contributed by atoms with van der Waals surface area (Å²) in [7, 11) is 1.84. The molecule has 2 rings (SSSR count). The normalized spacial score (nSPS) is 12.7. The minimum atomic E-state index is -1.44. The molecule has 1 aromatic heterocycles. The van der Waals surface area contributed by atoms with Gasteiger partial charge in [0.05, 0.1) is 6.20 Å². The zero-order chi connectivity index (χ0) is 14.9. The smallest absolute Gasteiger partial charge is 0.194 e. The number of benzene rings is 1. The first-order valence-electron chi connectivity index (χ1n) is 6.25. The molecule has 20 heavy (non-hydrogen) atoms. The van der Waals surface area contributed by atoms with Gasteiger partial charge in [0.25, 0.3) is 0 Å². The maximum absolute atomic E-state index is 13.1. The molecule has 0 aliphatic rings. The molecule has 6 heteroatoms. The first-order valence-corrected chi connectivity index (χ1v) is 6.25. The van der Waals surface area contributed by atoms with Crippen LogP contribution in [0, 0.1) is 24.4 Å². The van der Waals surface area contributed by atoms with E-state index in [1.54, 1.807) is 10.9 Å². The van der Waals surface area contributed by atoms with Crippen LogP contribution < -0.4 is 5.32 Å². The molecule has 0 fully saturated rings. The van der Waals surface area contributed by atoms with Crippen LogP contribution >= 0.6 is 0 Å². The van der Waals surface area contributed by atoms with E-state index >= 15 is 0 Å². The molecule has 0 radical (unpaired) electrons. The van der Waals surface area contributed by atoms with Gasteiger partial charge in [0.1, 0.15) is 0 Å². The number of aryl methyl sites for hydroxylation is 1. The molecule has 0 saturated heterocycles. The Morgan fingerprint density at radius 3 is 2.35 bits per heavy atom. The van der Waals surface area contributed by atoms with Gasteiger partial charge >= 0.3 is 0 Å². The minimum Gasteiger partial charge on any atom is -0.306 e. The molecule has 1 unspecified atom stereocenters. The fourth-order valence-corrected chi connectivity index (χ4v) is 2.03. The van der Waals surface area contributed by atoms with E-state index < -0.39 is 17.5 Å². The summed E-state index contributed by atoms with van der Waals surface area (Å²) in [6.45, 7) is 4.11. The summed E-state index contributed by atoms with van der Waals surface area (Å²) in [5.41, 5.74) is 2.38. The third kappa shape index (κ3) is 2.85. The van der Waals surface area contributed by atoms with Crippen LogP contribution in [0.4, 0.5) is 13.2 Å². The number of nitrogens with one attached hydrogen (secondary N) is 1. The van der Waals surface area contributed by atoms with Gasteiger partial charge < -0.3 is 5.32 Å². The zero-order valence-electron chi connectivity index (χ0n) is 11.5. The lowest BCUT2D eigenvalue weighted by Crippen LogP contribution is -2.19. The summed E-state index contributed by atoms with van der Waals surface area (Å²) >= 11 is 0. The van der Waals surface area contributed by atoms with Crippen molar-refractivity contribution >= 4 is 0 Å². The number of aromatic nitrogens is 2. The van der Waals surface area contributed by atoms with Gasteiger partial charge in [-0.1, -0.05) is 0 Å². The Labute approximate surface area is 115 Å². The first-order chi connectivity index (χ1) is 9.40. The minimum absolute atomic E-state index is 0.0279. The van der Waals surface area contributed by atoms with Crippen LogP contribution in [0.25, 0.3) is 0 Å². The van der Waals surface area contributed by atoms with Gasteiger partial charge in [0.2, 0.25) is 0 Å². The van der Waals surface area contributed by atoms with Gasteiger partial charge in [-0.3, -0.25) is 4.68 Å². The quantitative estimate of drug-likeness (QED) is 0.874. The zero-order valence-corrected chi connectivity index (χ0v) is 11.5. The number of halogens is 3. The average molecular weight is 283 g/mol. The molecule has 1 heterocycles. The maximum Gasteiger partial charge on any atom is 0.194 e. The Bertz CT molecular complexity index is 599. The van der Waals surface area contributed by atoms with E-state index in [0.717, 1.165) is 23.4 Å². The second kappa shape index (κ2) is 5.66. The highest BCUT2D eigenvalue weighted by Crippen LogP contribution is 2.18. The molecular weight excluding hydrogens is 267 g/mol. The van der Waals surface area contributed by atoms with E-state index in [2.05, 4.69) is 10.4 Å². The van der Waals surface area contributed by atoms with Crippen molar-refractivity contribution in [3.63, 3.8) is 0 Å². The summed E-state index contributed by atoms with van der Waals surface area (Å²) < 4.78 is 40.8. The highest BCUT2D eigenvalue weighted by Gasteiger charge is 2.13. The number of nitrogens with zero attached hydrogens (tertiary/aromatic N) is 2. The fourth-order valence-electron chi connectivity index (χ4n) is 2.03. The largest absolute Gasteiger partial charge is 0.306 e. The molecule has 2 aromatic rings. The Kier molecular flexibility index (Phi) is 4.13. The topological polar surface area (TPSA) is 29.9 Å². The highest BCUT2D eigenvalue weighted by atomic mass is 19.2. The SMILES string of the molecule is Cc1c(C(C)NCc2cc(F)c(F)c(F)c2)cnn1C. The fraction of sp³-hybridized carbons (Fsp3) is 0.357. The molecule has 0 aliphatic heterocycles. The van der Waals surface area contributed by atoms with E-state index in [4.69, 9.17) is 0 Å². The lowest BCUT2D eigenvalue weighted by atomic mass is 10.1. The number of hydrogen-bond donors (Lipinski definition) is 1. The van der Waals surface area contributed by atoms with Crippen LogP contribution in [-0.2, 0) is 13.6 Å². The third-order valence-electron chi connectivity index (χ3n) is 3.40. The standard InChI is InChI=1S/C14H16F3N3/c1-8(11-7-19-20(3)9(11)2)18-6-10-4-12(15)14(17)13(16)5-10/h4-5,7-8,18H,6H2,1-3H3. The van der Waals surface area contributed by atoms with Gasteiger partial charge in [0.15, 0.2) is 17.5 Å². The van der Waals surface area contributed by atoms with Gasteiger partial charge in [-0.15, -0.1) is 0 Å². The lowest BCUT2D eigenvalue weighted by molar-refractivity contribution is 0.443. The monoisotopic (exact) mass is 283 g/mol. The first kappa shape index (κ1) is 14.6. The average Bonchev–Trinajstić information content (AvgIpc) is 2.73. The molecule has 0 aliphatic carbocycles. The number of rotatable bonds is 4. The summed E-state index contributed by atoms with van der Waals surface area (Å²) in [5, 5.41) is 7.27. The van der Waals surface area contributed by atoms with Crippen LogP contribution in [0.15, 0.2) is 18.3 Å². The second-order valence-corrected chi connectivity index (χ2v) is 4.78.